The highest BCUT2D eigenvalue weighted by Crippen LogP contribution is 2.13. The van der Waals surface area contributed by atoms with E-state index in [4.69, 9.17) is 0 Å². The van der Waals surface area contributed by atoms with Crippen LogP contribution in [0, 0.1) is 0 Å². The van der Waals surface area contributed by atoms with E-state index in [9.17, 15) is 9.59 Å². The van der Waals surface area contributed by atoms with Gasteiger partial charge in [0.2, 0.25) is 5.91 Å². The third-order valence-electron chi connectivity index (χ3n) is 3.83. The van der Waals surface area contributed by atoms with Crippen LogP contribution in [0.2, 0.25) is 0 Å². The van der Waals surface area contributed by atoms with Crippen LogP contribution in [0.25, 0.3) is 0 Å². The minimum absolute atomic E-state index is 0.135. The summed E-state index contributed by atoms with van der Waals surface area (Å²) in [5.74, 6) is -0.135. The van der Waals surface area contributed by atoms with Gasteiger partial charge < -0.3 is 20.5 Å². The molecule has 0 bridgehead atoms. The number of hydrogen-bond donors (Lipinski definition) is 3. The predicted molar refractivity (Wildman–Crippen MR) is 104 cm³/mol. The Balaban J connectivity index is 1.51. The standard InChI is InChI=1S/C20H21N5O2/c1-15(26)23-18-5-7-19(8-6-18)24-20(27)22-12-16-3-2-4-17(11-16)13-25-10-9-21-14-25/h2-11,14H,12-13H2,1H3,(H,23,26)(H2,22,24,27). The maximum absolute atomic E-state index is 12.1. The molecule has 0 unspecified atom stereocenters. The third kappa shape index (κ3) is 5.71. The van der Waals surface area contributed by atoms with Crippen molar-refractivity contribution >= 4 is 23.3 Å². The van der Waals surface area contributed by atoms with Gasteiger partial charge >= 0.3 is 6.03 Å². The number of nitrogens with one attached hydrogen (secondary N) is 3. The highest BCUT2D eigenvalue weighted by molar-refractivity contribution is 5.91. The molecule has 0 aliphatic carbocycles. The molecule has 3 amide bonds. The van der Waals surface area contributed by atoms with E-state index in [1.165, 1.54) is 6.92 Å². The van der Waals surface area contributed by atoms with E-state index in [0.717, 1.165) is 17.7 Å². The van der Waals surface area contributed by atoms with E-state index in [-0.39, 0.29) is 11.9 Å². The molecule has 0 spiro atoms. The van der Waals surface area contributed by atoms with Crippen LogP contribution in [0.4, 0.5) is 16.2 Å². The van der Waals surface area contributed by atoms with Crippen LogP contribution in [-0.4, -0.2) is 21.5 Å². The minimum Gasteiger partial charge on any atom is -0.334 e. The van der Waals surface area contributed by atoms with Crippen LogP contribution >= 0.6 is 0 Å². The fraction of sp³-hybridized carbons (Fsp3) is 0.150. The average Bonchev–Trinajstić information content (AvgIpc) is 3.15. The first-order chi connectivity index (χ1) is 13.1. The van der Waals surface area contributed by atoms with Gasteiger partial charge in [-0.15, -0.1) is 0 Å². The third-order valence-corrected chi connectivity index (χ3v) is 3.83. The van der Waals surface area contributed by atoms with Crippen molar-refractivity contribution in [2.45, 2.75) is 20.0 Å². The van der Waals surface area contributed by atoms with Gasteiger partial charge in [0.25, 0.3) is 0 Å². The molecule has 0 saturated heterocycles. The number of aromatic nitrogens is 2. The molecule has 1 aromatic heterocycles. The molecule has 0 fully saturated rings. The molecular weight excluding hydrogens is 342 g/mol. The van der Waals surface area contributed by atoms with Crippen molar-refractivity contribution in [2.75, 3.05) is 10.6 Å². The summed E-state index contributed by atoms with van der Waals surface area (Å²) in [4.78, 5) is 27.1. The Morgan fingerprint density at radius 3 is 2.37 bits per heavy atom. The lowest BCUT2D eigenvalue weighted by molar-refractivity contribution is -0.114. The number of carbonyl (C=O) groups excluding carboxylic acids is 2. The molecule has 7 nitrogen and oxygen atoms in total. The normalized spacial score (nSPS) is 10.3. The van der Waals surface area contributed by atoms with Crippen molar-refractivity contribution in [3.05, 3.63) is 78.4 Å². The molecule has 3 N–H and O–H groups in total. The molecule has 3 rings (SSSR count). The van der Waals surface area contributed by atoms with Crippen molar-refractivity contribution in [2.24, 2.45) is 0 Å². The van der Waals surface area contributed by atoms with Crippen LogP contribution in [0.1, 0.15) is 18.1 Å². The fourth-order valence-corrected chi connectivity index (χ4v) is 2.63. The maximum atomic E-state index is 12.1. The number of carbonyl (C=O) groups is 2. The summed E-state index contributed by atoms with van der Waals surface area (Å²) in [6.45, 7) is 2.61. The van der Waals surface area contributed by atoms with Gasteiger partial charge in [0.05, 0.1) is 6.33 Å². The Labute approximate surface area is 157 Å². The summed E-state index contributed by atoms with van der Waals surface area (Å²) in [5.41, 5.74) is 3.49. The molecule has 0 radical (unpaired) electrons. The number of rotatable bonds is 6. The number of benzene rings is 2. The van der Waals surface area contributed by atoms with Gasteiger partial charge in [-0.1, -0.05) is 24.3 Å². The zero-order chi connectivity index (χ0) is 19.1. The first-order valence-corrected chi connectivity index (χ1v) is 8.54. The van der Waals surface area contributed by atoms with E-state index in [1.54, 1.807) is 36.8 Å². The van der Waals surface area contributed by atoms with Crippen molar-refractivity contribution in [1.29, 1.82) is 0 Å². The molecule has 1 heterocycles. The van der Waals surface area contributed by atoms with Gasteiger partial charge in [-0.05, 0) is 35.4 Å². The Bertz CT molecular complexity index is 904. The highest BCUT2D eigenvalue weighted by atomic mass is 16.2. The SMILES string of the molecule is CC(=O)Nc1ccc(NC(=O)NCc2cccc(Cn3ccnc3)c2)cc1. The van der Waals surface area contributed by atoms with Crippen LogP contribution in [0.3, 0.4) is 0 Å². The Morgan fingerprint density at radius 1 is 1.00 bits per heavy atom. The second-order valence-electron chi connectivity index (χ2n) is 6.12. The van der Waals surface area contributed by atoms with E-state index < -0.39 is 0 Å². The molecule has 0 aliphatic heterocycles. The zero-order valence-corrected chi connectivity index (χ0v) is 15.0. The smallest absolute Gasteiger partial charge is 0.319 e. The molecule has 27 heavy (non-hydrogen) atoms. The Kier molecular flexibility index (Phi) is 5.84. The molecule has 2 aromatic carbocycles. The lowest BCUT2D eigenvalue weighted by atomic mass is 10.1. The van der Waals surface area contributed by atoms with Gasteiger partial charge in [-0.3, -0.25) is 4.79 Å². The lowest BCUT2D eigenvalue weighted by Gasteiger charge is -2.10. The zero-order valence-electron chi connectivity index (χ0n) is 15.0. The number of hydrogen-bond acceptors (Lipinski definition) is 3. The van der Waals surface area contributed by atoms with E-state index in [1.807, 2.05) is 29.0 Å². The molecule has 138 valence electrons. The summed E-state index contributed by atoms with van der Waals surface area (Å²) in [5, 5.41) is 8.29. The van der Waals surface area contributed by atoms with Gasteiger partial charge in [0, 0.05) is 43.8 Å². The Hall–Kier alpha value is -3.61. The average molecular weight is 363 g/mol. The topological polar surface area (TPSA) is 88.0 Å². The quantitative estimate of drug-likeness (QED) is 0.628. The van der Waals surface area contributed by atoms with Crippen LogP contribution < -0.4 is 16.0 Å². The first kappa shape index (κ1) is 18.2. The van der Waals surface area contributed by atoms with Crippen LogP contribution in [0.5, 0.6) is 0 Å². The fourth-order valence-electron chi connectivity index (χ4n) is 2.63. The van der Waals surface area contributed by atoms with Crippen molar-refractivity contribution < 1.29 is 9.59 Å². The van der Waals surface area contributed by atoms with Crippen molar-refractivity contribution in [3.8, 4) is 0 Å². The number of nitrogens with zero attached hydrogens (tertiary/aromatic N) is 2. The van der Waals surface area contributed by atoms with Crippen LogP contribution in [0.15, 0.2) is 67.3 Å². The largest absolute Gasteiger partial charge is 0.334 e. The second-order valence-corrected chi connectivity index (χ2v) is 6.12. The van der Waals surface area contributed by atoms with Crippen molar-refractivity contribution in [1.82, 2.24) is 14.9 Å². The maximum Gasteiger partial charge on any atom is 0.319 e. The van der Waals surface area contributed by atoms with E-state index in [2.05, 4.69) is 27.0 Å². The number of amides is 3. The summed E-state index contributed by atoms with van der Waals surface area (Å²) < 4.78 is 1.99. The molecule has 0 saturated carbocycles. The highest BCUT2D eigenvalue weighted by Gasteiger charge is 2.04. The summed E-state index contributed by atoms with van der Waals surface area (Å²) >= 11 is 0. The summed E-state index contributed by atoms with van der Waals surface area (Å²) in [6.07, 6.45) is 5.43. The molecule has 7 heteroatoms. The predicted octanol–water partition coefficient (Wildman–Crippen LogP) is 3.21. The number of imidazole rings is 1. The van der Waals surface area contributed by atoms with Crippen molar-refractivity contribution in [3.63, 3.8) is 0 Å². The van der Waals surface area contributed by atoms with Crippen LogP contribution in [-0.2, 0) is 17.9 Å². The first-order valence-electron chi connectivity index (χ1n) is 8.54. The van der Waals surface area contributed by atoms with Gasteiger partial charge in [-0.2, -0.15) is 0 Å². The van der Waals surface area contributed by atoms with E-state index in [0.29, 0.717) is 17.9 Å². The monoisotopic (exact) mass is 363 g/mol. The van der Waals surface area contributed by atoms with Gasteiger partial charge in [0.15, 0.2) is 0 Å². The Morgan fingerprint density at radius 2 is 1.70 bits per heavy atom. The van der Waals surface area contributed by atoms with Gasteiger partial charge in [0.1, 0.15) is 0 Å². The summed E-state index contributed by atoms with van der Waals surface area (Å²) in [7, 11) is 0. The summed E-state index contributed by atoms with van der Waals surface area (Å²) in [6, 6.07) is 14.7. The molecule has 0 aliphatic rings. The molecule has 3 aromatic rings. The van der Waals surface area contributed by atoms with Gasteiger partial charge in [-0.25, -0.2) is 9.78 Å². The number of urea groups is 1. The minimum atomic E-state index is -0.290. The second kappa shape index (κ2) is 8.66. The number of anilines is 2. The van der Waals surface area contributed by atoms with E-state index >= 15 is 0 Å². The molecule has 0 atom stereocenters. The molecular formula is C20H21N5O2. The lowest BCUT2D eigenvalue weighted by Crippen LogP contribution is -2.28.